The van der Waals surface area contributed by atoms with Gasteiger partial charge in [-0.1, -0.05) is 18.2 Å². The number of carbonyl (C=O) groups is 3. The highest BCUT2D eigenvalue weighted by atomic mass is 32.1. The van der Waals surface area contributed by atoms with Gasteiger partial charge in [0.1, 0.15) is 26.8 Å². The number of pyridine rings is 1. The van der Waals surface area contributed by atoms with E-state index in [4.69, 9.17) is 9.47 Å². The Balaban J connectivity index is 1.25. The maximum absolute atomic E-state index is 13.6. The van der Waals surface area contributed by atoms with Gasteiger partial charge in [0, 0.05) is 25.3 Å². The second-order valence-corrected chi connectivity index (χ2v) is 12.7. The van der Waals surface area contributed by atoms with Gasteiger partial charge < -0.3 is 25.0 Å². The van der Waals surface area contributed by atoms with Gasteiger partial charge in [-0.25, -0.2) is 14.6 Å². The maximum atomic E-state index is 13.6. The third-order valence-corrected chi connectivity index (χ3v) is 8.35. The van der Waals surface area contributed by atoms with Crippen molar-refractivity contribution in [2.75, 3.05) is 23.3 Å². The van der Waals surface area contributed by atoms with E-state index in [9.17, 15) is 14.4 Å². The van der Waals surface area contributed by atoms with E-state index in [1.807, 2.05) is 76.2 Å². The van der Waals surface area contributed by atoms with E-state index in [1.54, 1.807) is 22.1 Å². The molecular weight excluding hydrogens is 566 g/mol. The molecule has 11 heteroatoms. The van der Waals surface area contributed by atoms with Crippen molar-refractivity contribution in [3.05, 3.63) is 71.2 Å². The molecule has 1 saturated heterocycles. The summed E-state index contributed by atoms with van der Waals surface area (Å²) in [4.78, 5) is 48.5. The number of rotatable bonds is 5. The Hall–Kier alpha value is -4.64. The average molecular weight is 600 g/mol. The number of hydrogen-bond donors (Lipinski definition) is 2. The lowest BCUT2D eigenvalue weighted by Gasteiger charge is -2.34. The van der Waals surface area contributed by atoms with Gasteiger partial charge >= 0.3 is 12.1 Å². The van der Waals surface area contributed by atoms with E-state index in [0.717, 1.165) is 24.2 Å². The first-order chi connectivity index (χ1) is 20.6. The summed E-state index contributed by atoms with van der Waals surface area (Å²) in [6.45, 7) is 8.34. The predicted octanol–water partition coefficient (Wildman–Crippen LogP) is 7.21. The standard InChI is InChI=1S/C32H33N5O5S/c1-19-17-22(41-21-10-6-5-7-11-21)12-13-23(19)37-24-14-15-33-29-25(24)26(35-30(37)39)27(43-29)28(38)34-20-9-8-16-36(18-20)31(40)42-32(2,3)4/h5-7,10-15,17,20H,8-9,16,18H2,1-4H3,(H,34,38)(H,35,39). The first-order valence-corrected chi connectivity index (χ1v) is 15.0. The number of hydrogen-bond acceptors (Lipinski definition) is 7. The highest BCUT2D eigenvalue weighted by Crippen LogP contribution is 2.46. The summed E-state index contributed by atoms with van der Waals surface area (Å²) in [5.74, 6) is 1.07. The number of nitrogens with one attached hydrogen (secondary N) is 2. The van der Waals surface area contributed by atoms with Gasteiger partial charge in [-0.05, 0) is 82.5 Å². The second kappa shape index (κ2) is 11.2. The molecule has 2 aromatic carbocycles. The van der Waals surface area contributed by atoms with Gasteiger partial charge in [-0.3, -0.25) is 9.69 Å². The van der Waals surface area contributed by atoms with Crippen LogP contribution in [0.1, 0.15) is 48.8 Å². The molecule has 6 rings (SSSR count). The minimum Gasteiger partial charge on any atom is -0.457 e. The Bertz CT molecular complexity index is 1710. The monoisotopic (exact) mass is 599 g/mol. The van der Waals surface area contributed by atoms with E-state index in [2.05, 4.69) is 15.6 Å². The molecule has 222 valence electrons. The number of ether oxygens (including phenoxy) is 2. The Morgan fingerprint density at radius 1 is 1.07 bits per heavy atom. The maximum Gasteiger partial charge on any atom is 0.410 e. The summed E-state index contributed by atoms with van der Waals surface area (Å²) < 4.78 is 11.5. The number of nitrogens with zero attached hydrogens (tertiary/aromatic N) is 3. The number of para-hydroxylation sites is 1. The Labute approximate surface area is 253 Å². The van der Waals surface area contributed by atoms with Crippen molar-refractivity contribution in [2.45, 2.75) is 52.2 Å². The average Bonchev–Trinajstić information content (AvgIpc) is 3.33. The molecule has 4 amide bonds. The molecule has 0 saturated carbocycles. The van der Waals surface area contributed by atoms with Crippen molar-refractivity contribution in [3.63, 3.8) is 0 Å². The fraction of sp³-hybridized carbons (Fsp3) is 0.312. The number of anilines is 3. The van der Waals surface area contributed by atoms with Crippen LogP contribution in [-0.4, -0.2) is 52.6 Å². The number of urea groups is 1. The molecule has 10 nitrogen and oxygen atoms in total. The van der Waals surface area contributed by atoms with Crippen LogP contribution in [0.3, 0.4) is 0 Å². The van der Waals surface area contributed by atoms with Crippen molar-refractivity contribution in [1.29, 1.82) is 0 Å². The highest BCUT2D eigenvalue weighted by Gasteiger charge is 2.35. The van der Waals surface area contributed by atoms with Crippen LogP contribution in [0.25, 0.3) is 10.2 Å². The summed E-state index contributed by atoms with van der Waals surface area (Å²) in [5.41, 5.74) is 2.03. The van der Waals surface area contributed by atoms with Gasteiger partial charge in [0.25, 0.3) is 5.91 Å². The van der Waals surface area contributed by atoms with Crippen LogP contribution in [0.2, 0.25) is 0 Å². The van der Waals surface area contributed by atoms with Crippen LogP contribution in [0.5, 0.6) is 11.5 Å². The number of carbonyl (C=O) groups excluding carboxylic acids is 3. The molecular formula is C32H33N5O5S. The fourth-order valence-electron chi connectivity index (χ4n) is 5.39. The Morgan fingerprint density at radius 2 is 1.86 bits per heavy atom. The minimum atomic E-state index is -0.597. The number of aryl methyl sites for hydroxylation is 1. The molecule has 2 N–H and O–H groups in total. The van der Waals surface area contributed by atoms with Crippen molar-refractivity contribution >= 4 is 56.6 Å². The molecule has 0 radical (unpaired) electrons. The van der Waals surface area contributed by atoms with E-state index in [0.29, 0.717) is 51.0 Å². The largest absolute Gasteiger partial charge is 0.457 e. The normalized spacial score (nSPS) is 16.6. The number of benzene rings is 2. The quantitative estimate of drug-likeness (QED) is 0.251. The molecule has 4 aromatic rings. The van der Waals surface area contributed by atoms with Gasteiger partial charge in [-0.2, -0.15) is 0 Å². The number of aromatic nitrogens is 1. The number of thiophene rings is 1. The van der Waals surface area contributed by atoms with Crippen LogP contribution < -0.4 is 20.3 Å². The topological polar surface area (TPSA) is 113 Å². The first-order valence-electron chi connectivity index (χ1n) is 14.2. The fourth-order valence-corrected chi connectivity index (χ4v) is 6.41. The minimum absolute atomic E-state index is 0.242. The zero-order valence-electron chi connectivity index (χ0n) is 24.5. The lowest BCUT2D eigenvalue weighted by Crippen LogP contribution is -2.50. The third kappa shape index (κ3) is 5.85. The highest BCUT2D eigenvalue weighted by molar-refractivity contribution is 7.21. The molecule has 1 unspecified atom stereocenters. The van der Waals surface area contributed by atoms with Crippen molar-refractivity contribution in [1.82, 2.24) is 15.2 Å². The molecule has 1 atom stereocenters. The van der Waals surface area contributed by atoms with Crippen molar-refractivity contribution < 1.29 is 23.9 Å². The van der Waals surface area contributed by atoms with E-state index >= 15 is 0 Å². The summed E-state index contributed by atoms with van der Waals surface area (Å²) in [5, 5.41) is 6.73. The Morgan fingerprint density at radius 3 is 2.60 bits per heavy atom. The van der Waals surface area contributed by atoms with E-state index in [-0.39, 0.29) is 24.1 Å². The van der Waals surface area contributed by atoms with Gasteiger partial charge in [0.05, 0.1) is 22.4 Å². The van der Waals surface area contributed by atoms with Crippen LogP contribution in [0, 0.1) is 6.92 Å². The summed E-state index contributed by atoms with van der Waals surface area (Å²) in [6.07, 6.45) is 2.74. The number of likely N-dealkylation sites (tertiary alicyclic amines) is 1. The lowest BCUT2D eigenvalue weighted by atomic mass is 10.1. The van der Waals surface area contributed by atoms with Crippen molar-refractivity contribution in [2.24, 2.45) is 0 Å². The van der Waals surface area contributed by atoms with E-state index < -0.39 is 5.60 Å². The van der Waals surface area contributed by atoms with Crippen molar-refractivity contribution in [3.8, 4) is 11.5 Å². The summed E-state index contributed by atoms with van der Waals surface area (Å²) in [7, 11) is 0. The molecule has 4 heterocycles. The van der Waals surface area contributed by atoms with Crippen LogP contribution in [-0.2, 0) is 4.74 Å². The van der Waals surface area contributed by atoms with Crippen LogP contribution in [0.15, 0.2) is 60.8 Å². The zero-order chi connectivity index (χ0) is 30.3. The number of piperidine rings is 1. The second-order valence-electron chi connectivity index (χ2n) is 11.7. The first kappa shape index (κ1) is 28.5. The smallest absolute Gasteiger partial charge is 0.410 e. The molecule has 2 aliphatic rings. The van der Waals surface area contributed by atoms with E-state index in [1.165, 1.54) is 11.3 Å². The third-order valence-electron chi connectivity index (χ3n) is 7.25. The zero-order valence-corrected chi connectivity index (χ0v) is 25.3. The molecule has 0 spiro atoms. The predicted molar refractivity (Wildman–Crippen MR) is 167 cm³/mol. The molecule has 43 heavy (non-hydrogen) atoms. The summed E-state index contributed by atoms with van der Waals surface area (Å²) in [6, 6.07) is 16.2. The number of amides is 4. The van der Waals surface area contributed by atoms with Gasteiger partial charge in [-0.15, -0.1) is 11.3 Å². The van der Waals surface area contributed by atoms with Crippen LogP contribution in [0.4, 0.5) is 26.7 Å². The lowest BCUT2D eigenvalue weighted by molar-refractivity contribution is 0.0185. The van der Waals surface area contributed by atoms with Gasteiger partial charge in [0.15, 0.2) is 0 Å². The molecule has 2 aromatic heterocycles. The molecule has 0 bridgehead atoms. The van der Waals surface area contributed by atoms with Gasteiger partial charge in [0.2, 0.25) is 0 Å². The summed E-state index contributed by atoms with van der Waals surface area (Å²) >= 11 is 1.23. The van der Waals surface area contributed by atoms with Crippen LogP contribution >= 0.6 is 11.3 Å². The molecule has 2 aliphatic heterocycles. The Kier molecular flexibility index (Phi) is 7.43. The SMILES string of the molecule is Cc1cc(Oc2ccccc2)ccc1N1C(=O)Nc2c(C(=O)NC3CCCN(C(=O)OC(C)(C)C)C3)sc3nccc1c23. The molecule has 0 aliphatic carbocycles. The molecule has 1 fully saturated rings.